The maximum absolute atomic E-state index is 12.1. The van der Waals surface area contributed by atoms with Crippen molar-refractivity contribution in [2.75, 3.05) is 13.2 Å². The van der Waals surface area contributed by atoms with E-state index in [4.69, 9.17) is 25.8 Å². The lowest BCUT2D eigenvalue weighted by atomic mass is 10.2. The smallest absolute Gasteiger partial charge is 0.363 e. The molecule has 2 aromatic carbocycles. The number of carbonyl (C=O) groups excluding carboxylic acids is 2. The Bertz CT molecular complexity index is 935. The molecule has 1 aliphatic rings. The summed E-state index contributed by atoms with van der Waals surface area (Å²) < 4.78 is 15.4. The van der Waals surface area contributed by atoms with E-state index >= 15 is 0 Å². The highest BCUT2D eigenvalue weighted by Gasteiger charge is 2.25. The van der Waals surface area contributed by atoms with Crippen molar-refractivity contribution < 1.29 is 23.8 Å². The lowest BCUT2D eigenvalue weighted by Crippen LogP contribution is -2.14. The molecular formula is C20H16ClNO5. The third kappa shape index (κ3) is 4.74. The maximum atomic E-state index is 12.1. The number of hydrogen-bond donors (Lipinski definition) is 0. The minimum absolute atomic E-state index is 0.146. The maximum Gasteiger partial charge on any atom is 0.363 e. The second kappa shape index (κ2) is 8.51. The van der Waals surface area contributed by atoms with Crippen LogP contribution in [0.2, 0.25) is 5.02 Å². The van der Waals surface area contributed by atoms with Gasteiger partial charge >= 0.3 is 11.9 Å². The zero-order valence-electron chi connectivity index (χ0n) is 14.5. The van der Waals surface area contributed by atoms with Crippen LogP contribution in [0.4, 0.5) is 0 Å². The number of hydrogen-bond acceptors (Lipinski definition) is 6. The van der Waals surface area contributed by atoms with Gasteiger partial charge in [0, 0.05) is 0 Å². The number of ether oxygens (including phenoxy) is 3. The average molecular weight is 386 g/mol. The molecule has 1 heterocycles. The molecule has 0 fully saturated rings. The molecule has 0 radical (unpaired) electrons. The fourth-order valence-electron chi connectivity index (χ4n) is 2.36. The molecule has 0 spiro atoms. The Morgan fingerprint density at radius 2 is 2.04 bits per heavy atom. The van der Waals surface area contributed by atoms with Crippen molar-refractivity contribution in [3.05, 3.63) is 70.4 Å². The van der Waals surface area contributed by atoms with E-state index in [0.29, 0.717) is 28.5 Å². The highest BCUT2D eigenvalue weighted by atomic mass is 35.5. The van der Waals surface area contributed by atoms with Gasteiger partial charge in [0.05, 0.1) is 17.2 Å². The van der Waals surface area contributed by atoms with Gasteiger partial charge in [-0.2, -0.15) is 0 Å². The minimum Gasteiger partial charge on any atom is -0.482 e. The Hall–Kier alpha value is -3.12. The van der Waals surface area contributed by atoms with Gasteiger partial charge in [-0.15, -0.1) is 0 Å². The Balaban J connectivity index is 1.78. The molecule has 0 unspecified atom stereocenters. The van der Waals surface area contributed by atoms with Crippen LogP contribution in [0.25, 0.3) is 6.08 Å². The third-order valence-electron chi connectivity index (χ3n) is 3.55. The topological polar surface area (TPSA) is 74.2 Å². The first kappa shape index (κ1) is 18.7. The molecule has 27 heavy (non-hydrogen) atoms. The number of rotatable bonds is 6. The summed E-state index contributed by atoms with van der Waals surface area (Å²) in [6.07, 6.45) is 1.57. The molecule has 0 atom stereocenters. The summed E-state index contributed by atoms with van der Waals surface area (Å²) in [5, 5.41) is 0.444. The Kier molecular flexibility index (Phi) is 5.88. The lowest BCUT2D eigenvalue weighted by Gasteiger charge is -2.06. The number of esters is 2. The quantitative estimate of drug-likeness (QED) is 0.560. The van der Waals surface area contributed by atoms with E-state index in [1.54, 1.807) is 61.5 Å². The van der Waals surface area contributed by atoms with Crippen LogP contribution in [0, 0.1) is 0 Å². The first-order valence-electron chi connectivity index (χ1n) is 8.23. The number of aliphatic imine (C=N–C) groups is 1. The van der Waals surface area contributed by atoms with Crippen LogP contribution in [0.5, 0.6) is 5.75 Å². The molecule has 0 amide bonds. The first-order chi connectivity index (χ1) is 13.1. The summed E-state index contributed by atoms with van der Waals surface area (Å²) in [4.78, 5) is 27.7. The largest absolute Gasteiger partial charge is 0.482 e. The normalized spacial score (nSPS) is 14.7. The van der Waals surface area contributed by atoms with Gasteiger partial charge < -0.3 is 14.2 Å². The summed E-state index contributed by atoms with van der Waals surface area (Å²) in [5.41, 5.74) is 1.36. The van der Waals surface area contributed by atoms with Crippen molar-refractivity contribution in [3.63, 3.8) is 0 Å². The molecule has 2 aromatic rings. The summed E-state index contributed by atoms with van der Waals surface area (Å²) >= 11 is 6.12. The molecule has 0 N–H and O–H groups in total. The Morgan fingerprint density at radius 3 is 2.81 bits per heavy atom. The van der Waals surface area contributed by atoms with Gasteiger partial charge in [0.25, 0.3) is 0 Å². The van der Waals surface area contributed by atoms with Crippen LogP contribution in [-0.4, -0.2) is 31.1 Å². The van der Waals surface area contributed by atoms with Crippen molar-refractivity contribution in [2.24, 2.45) is 4.99 Å². The molecular weight excluding hydrogens is 370 g/mol. The fourth-order valence-corrected chi connectivity index (χ4v) is 2.57. The third-order valence-corrected chi connectivity index (χ3v) is 3.88. The van der Waals surface area contributed by atoms with Crippen LogP contribution < -0.4 is 4.74 Å². The standard InChI is InChI=1S/C20H16ClNO5/c1-2-25-18(23)12-26-14-7-5-6-13(10-14)11-17-20(24)27-19(22-17)15-8-3-4-9-16(15)21/h3-11H,2,12H2,1H3/b17-11-. The summed E-state index contributed by atoms with van der Waals surface area (Å²) in [6, 6.07) is 13.9. The number of carbonyl (C=O) groups is 2. The fraction of sp³-hybridized carbons (Fsp3) is 0.150. The molecule has 0 bridgehead atoms. The van der Waals surface area contributed by atoms with Gasteiger partial charge in [-0.1, -0.05) is 35.9 Å². The van der Waals surface area contributed by atoms with Crippen LogP contribution in [-0.2, 0) is 19.1 Å². The monoisotopic (exact) mass is 385 g/mol. The molecule has 6 nitrogen and oxygen atoms in total. The van der Waals surface area contributed by atoms with E-state index in [2.05, 4.69) is 4.99 Å². The highest BCUT2D eigenvalue weighted by Crippen LogP contribution is 2.24. The van der Waals surface area contributed by atoms with Crippen molar-refractivity contribution in [2.45, 2.75) is 6.92 Å². The summed E-state index contributed by atoms with van der Waals surface area (Å²) in [6.45, 7) is 1.83. The summed E-state index contributed by atoms with van der Waals surface area (Å²) in [5.74, 6) is -0.386. The van der Waals surface area contributed by atoms with E-state index in [0.717, 1.165) is 0 Å². The lowest BCUT2D eigenvalue weighted by molar-refractivity contribution is -0.145. The van der Waals surface area contributed by atoms with Crippen molar-refractivity contribution in [3.8, 4) is 5.75 Å². The number of halogens is 1. The van der Waals surface area contributed by atoms with Gasteiger partial charge in [-0.05, 0) is 42.8 Å². The van der Waals surface area contributed by atoms with Gasteiger partial charge in [0.15, 0.2) is 12.3 Å². The first-order valence-corrected chi connectivity index (χ1v) is 8.60. The van der Waals surface area contributed by atoms with E-state index < -0.39 is 11.9 Å². The summed E-state index contributed by atoms with van der Waals surface area (Å²) in [7, 11) is 0. The van der Waals surface area contributed by atoms with Gasteiger partial charge in [0.1, 0.15) is 5.75 Å². The average Bonchev–Trinajstić information content (AvgIpc) is 3.01. The van der Waals surface area contributed by atoms with Gasteiger partial charge in [-0.3, -0.25) is 0 Å². The van der Waals surface area contributed by atoms with E-state index in [1.165, 1.54) is 0 Å². The predicted octanol–water partition coefficient (Wildman–Crippen LogP) is 3.63. The number of nitrogens with zero attached hydrogens (tertiary/aromatic N) is 1. The Morgan fingerprint density at radius 1 is 1.22 bits per heavy atom. The van der Waals surface area contributed by atoms with E-state index in [1.807, 2.05) is 0 Å². The second-order valence-corrected chi connectivity index (χ2v) is 5.89. The number of cyclic esters (lactones) is 1. The molecule has 0 saturated carbocycles. The minimum atomic E-state index is -0.567. The van der Waals surface area contributed by atoms with Crippen molar-refractivity contribution in [1.29, 1.82) is 0 Å². The molecule has 1 aliphatic heterocycles. The van der Waals surface area contributed by atoms with E-state index in [-0.39, 0.29) is 18.2 Å². The van der Waals surface area contributed by atoms with Crippen LogP contribution in [0.1, 0.15) is 18.1 Å². The van der Waals surface area contributed by atoms with Crippen molar-refractivity contribution in [1.82, 2.24) is 0 Å². The van der Waals surface area contributed by atoms with Gasteiger partial charge in [-0.25, -0.2) is 14.6 Å². The SMILES string of the molecule is CCOC(=O)COc1cccc(/C=C2\N=C(c3ccccc3Cl)OC2=O)c1. The van der Waals surface area contributed by atoms with Crippen LogP contribution in [0.15, 0.2) is 59.2 Å². The molecule has 0 saturated heterocycles. The molecule has 3 rings (SSSR count). The highest BCUT2D eigenvalue weighted by molar-refractivity contribution is 6.34. The molecule has 138 valence electrons. The second-order valence-electron chi connectivity index (χ2n) is 5.48. The predicted molar refractivity (Wildman–Crippen MR) is 101 cm³/mol. The zero-order valence-corrected chi connectivity index (χ0v) is 15.2. The van der Waals surface area contributed by atoms with Crippen LogP contribution in [0.3, 0.4) is 0 Å². The number of benzene rings is 2. The van der Waals surface area contributed by atoms with Crippen molar-refractivity contribution >= 4 is 35.5 Å². The molecule has 0 aromatic heterocycles. The van der Waals surface area contributed by atoms with Gasteiger partial charge in [0.2, 0.25) is 5.90 Å². The Labute approximate surface area is 161 Å². The zero-order chi connectivity index (χ0) is 19.2. The molecule has 7 heteroatoms. The van der Waals surface area contributed by atoms with Crippen LogP contribution >= 0.6 is 11.6 Å². The molecule has 0 aliphatic carbocycles. The van der Waals surface area contributed by atoms with E-state index in [9.17, 15) is 9.59 Å².